The van der Waals surface area contributed by atoms with Gasteiger partial charge in [-0.1, -0.05) is 31.7 Å². The normalized spacial score (nSPS) is 10.9. The third kappa shape index (κ3) is 2.14. The van der Waals surface area contributed by atoms with Gasteiger partial charge in [-0.25, -0.2) is 0 Å². The molecule has 0 saturated carbocycles. The zero-order valence-electron chi connectivity index (χ0n) is 7.93. The van der Waals surface area contributed by atoms with Crippen LogP contribution in [0.5, 0.6) is 0 Å². The van der Waals surface area contributed by atoms with E-state index in [-0.39, 0.29) is 4.90 Å². The lowest BCUT2D eigenvalue weighted by molar-refractivity contribution is 0.444. The fourth-order valence-corrected chi connectivity index (χ4v) is 2.24. The lowest BCUT2D eigenvalue weighted by Crippen LogP contribution is -2.05. The second kappa shape index (κ2) is 4.28. The second-order valence-electron chi connectivity index (χ2n) is 2.68. The second-order valence-corrected chi connectivity index (χ2v) is 4.22. The number of benzene rings is 1. The maximum atomic E-state index is 11.5. The van der Waals surface area contributed by atoms with Crippen LogP contribution in [0.25, 0.3) is 0 Å². The highest BCUT2D eigenvalue weighted by Crippen LogP contribution is 2.18. The van der Waals surface area contributed by atoms with Crippen molar-refractivity contribution >= 4 is 10.1 Å². The molecule has 0 atom stereocenters. The van der Waals surface area contributed by atoms with E-state index in [0.29, 0.717) is 6.42 Å². The monoisotopic (exact) mass is 212 g/mol. The van der Waals surface area contributed by atoms with Crippen molar-refractivity contribution in [1.82, 2.24) is 0 Å². The molecule has 1 rings (SSSR count). The Morgan fingerprint density at radius 3 is 2.64 bits per heavy atom. The lowest BCUT2D eigenvalue weighted by atomic mass is 10.2. The molecule has 0 radical (unpaired) electrons. The standard InChI is InChI=1S/C10H12O3S/c1-3-9-7-5-6-8-10(9)14(11,12)13-4-2/h4-8H,2-3H2,1H3. The molecule has 0 aromatic heterocycles. The van der Waals surface area contributed by atoms with Crippen molar-refractivity contribution in [2.24, 2.45) is 0 Å². The molecule has 3 nitrogen and oxygen atoms in total. The zero-order valence-corrected chi connectivity index (χ0v) is 8.75. The van der Waals surface area contributed by atoms with Crippen molar-refractivity contribution in [3.05, 3.63) is 42.7 Å². The molecule has 0 fully saturated rings. The summed E-state index contributed by atoms with van der Waals surface area (Å²) in [4.78, 5) is 0.211. The first kappa shape index (κ1) is 10.8. The average molecular weight is 212 g/mol. The predicted octanol–water partition coefficient (Wildman–Crippen LogP) is 2.10. The van der Waals surface area contributed by atoms with Crippen LogP contribution in [0.4, 0.5) is 0 Å². The van der Waals surface area contributed by atoms with Gasteiger partial charge in [0.2, 0.25) is 0 Å². The molecule has 0 unspecified atom stereocenters. The summed E-state index contributed by atoms with van der Waals surface area (Å²) in [7, 11) is -3.67. The lowest BCUT2D eigenvalue weighted by Gasteiger charge is -2.06. The van der Waals surface area contributed by atoms with Crippen LogP contribution < -0.4 is 0 Å². The van der Waals surface area contributed by atoms with Gasteiger partial charge in [-0.15, -0.1) is 0 Å². The van der Waals surface area contributed by atoms with E-state index in [9.17, 15) is 8.42 Å². The topological polar surface area (TPSA) is 43.4 Å². The van der Waals surface area contributed by atoms with Crippen molar-refractivity contribution in [3.8, 4) is 0 Å². The van der Waals surface area contributed by atoms with E-state index in [1.54, 1.807) is 18.2 Å². The number of aryl methyl sites for hydroxylation is 1. The summed E-state index contributed by atoms with van der Waals surface area (Å²) in [6, 6.07) is 6.75. The Morgan fingerprint density at radius 1 is 1.43 bits per heavy atom. The van der Waals surface area contributed by atoms with Gasteiger partial charge in [0.15, 0.2) is 0 Å². The number of rotatable bonds is 4. The molecular formula is C10H12O3S. The third-order valence-electron chi connectivity index (χ3n) is 1.82. The van der Waals surface area contributed by atoms with Gasteiger partial charge in [-0.2, -0.15) is 8.42 Å². The Morgan fingerprint density at radius 2 is 2.07 bits per heavy atom. The van der Waals surface area contributed by atoms with Gasteiger partial charge in [0, 0.05) is 0 Å². The van der Waals surface area contributed by atoms with Crippen LogP contribution in [-0.4, -0.2) is 8.42 Å². The molecule has 0 spiro atoms. The fourth-order valence-electron chi connectivity index (χ4n) is 1.18. The van der Waals surface area contributed by atoms with Gasteiger partial charge in [0.25, 0.3) is 0 Å². The van der Waals surface area contributed by atoms with Crippen molar-refractivity contribution in [2.45, 2.75) is 18.2 Å². The maximum absolute atomic E-state index is 11.5. The molecule has 4 heteroatoms. The van der Waals surface area contributed by atoms with Crippen molar-refractivity contribution in [1.29, 1.82) is 0 Å². The zero-order chi connectivity index (χ0) is 10.6. The Kier molecular flexibility index (Phi) is 3.30. The van der Waals surface area contributed by atoms with E-state index in [4.69, 9.17) is 0 Å². The maximum Gasteiger partial charge on any atom is 0.338 e. The number of hydrogen-bond acceptors (Lipinski definition) is 3. The molecular weight excluding hydrogens is 200 g/mol. The van der Waals surface area contributed by atoms with Crippen LogP contribution >= 0.6 is 0 Å². The summed E-state index contributed by atoms with van der Waals surface area (Å²) >= 11 is 0. The van der Waals surface area contributed by atoms with Crippen LogP contribution in [0, 0.1) is 0 Å². The molecule has 0 heterocycles. The van der Waals surface area contributed by atoms with Crippen molar-refractivity contribution in [3.63, 3.8) is 0 Å². The highest BCUT2D eigenvalue weighted by atomic mass is 32.2. The van der Waals surface area contributed by atoms with Crippen LogP contribution in [0.2, 0.25) is 0 Å². The first-order chi connectivity index (χ1) is 6.61. The molecule has 0 N–H and O–H groups in total. The minimum absolute atomic E-state index is 0.211. The van der Waals surface area contributed by atoms with Gasteiger partial charge >= 0.3 is 10.1 Å². The minimum Gasteiger partial charge on any atom is -0.388 e. The third-order valence-corrected chi connectivity index (χ3v) is 3.14. The summed E-state index contributed by atoms with van der Waals surface area (Å²) in [6.07, 6.45) is 1.57. The van der Waals surface area contributed by atoms with Crippen LogP contribution in [0.15, 0.2) is 42.0 Å². The summed E-state index contributed by atoms with van der Waals surface area (Å²) < 4.78 is 27.5. The molecule has 0 aliphatic carbocycles. The van der Waals surface area contributed by atoms with Crippen molar-refractivity contribution in [2.75, 3.05) is 0 Å². The Labute approximate surface area is 84.1 Å². The Bertz CT molecular complexity index is 421. The van der Waals surface area contributed by atoms with Crippen LogP contribution in [0.3, 0.4) is 0 Å². The summed E-state index contributed by atoms with van der Waals surface area (Å²) in [5, 5.41) is 0. The SMILES string of the molecule is C=COS(=O)(=O)c1ccccc1CC. The molecule has 1 aromatic rings. The van der Waals surface area contributed by atoms with Gasteiger partial charge in [0.05, 0.1) is 6.26 Å². The van der Waals surface area contributed by atoms with Gasteiger partial charge in [0.1, 0.15) is 4.90 Å². The van der Waals surface area contributed by atoms with Gasteiger partial charge < -0.3 is 4.18 Å². The summed E-state index contributed by atoms with van der Waals surface area (Å²) in [5.41, 5.74) is 0.745. The summed E-state index contributed by atoms with van der Waals surface area (Å²) in [5.74, 6) is 0. The highest BCUT2D eigenvalue weighted by molar-refractivity contribution is 7.86. The number of hydrogen-bond donors (Lipinski definition) is 0. The molecule has 0 aliphatic rings. The van der Waals surface area contributed by atoms with E-state index in [1.807, 2.05) is 6.92 Å². The molecule has 0 amide bonds. The fraction of sp³-hybridized carbons (Fsp3) is 0.200. The molecule has 14 heavy (non-hydrogen) atoms. The molecule has 76 valence electrons. The predicted molar refractivity (Wildman–Crippen MR) is 54.3 cm³/mol. The molecule has 0 aliphatic heterocycles. The van der Waals surface area contributed by atoms with Gasteiger partial charge in [-0.3, -0.25) is 0 Å². The minimum atomic E-state index is -3.67. The van der Waals surface area contributed by atoms with E-state index >= 15 is 0 Å². The first-order valence-corrected chi connectivity index (χ1v) is 5.64. The van der Waals surface area contributed by atoms with Crippen molar-refractivity contribution < 1.29 is 12.6 Å². The van der Waals surface area contributed by atoms with Crippen LogP contribution in [-0.2, 0) is 20.7 Å². The van der Waals surface area contributed by atoms with Crippen LogP contribution in [0.1, 0.15) is 12.5 Å². The molecule has 0 bridgehead atoms. The summed E-state index contributed by atoms with van der Waals surface area (Å²) in [6.45, 7) is 5.12. The van der Waals surface area contributed by atoms with E-state index < -0.39 is 10.1 Å². The Balaban J connectivity index is 3.24. The molecule has 0 saturated heterocycles. The quantitative estimate of drug-likeness (QED) is 0.567. The smallest absolute Gasteiger partial charge is 0.338 e. The molecule has 1 aromatic carbocycles. The van der Waals surface area contributed by atoms with E-state index in [1.165, 1.54) is 6.07 Å². The van der Waals surface area contributed by atoms with E-state index in [2.05, 4.69) is 10.8 Å². The average Bonchev–Trinajstić information content (AvgIpc) is 2.18. The highest BCUT2D eigenvalue weighted by Gasteiger charge is 2.16. The first-order valence-electron chi connectivity index (χ1n) is 4.24. The Hall–Kier alpha value is -1.29. The van der Waals surface area contributed by atoms with E-state index in [0.717, 1.165) is 11.8 Å². The van der Waals surface area contributed by atoms with Gasteiger partial charge in [-0.05, 0) is 18.1 Å². The largest absolute Gasteiger partial charge is 0.388 e.